The Morgan fingerprint density at radius 1 is 1.23 bits per heavy atom. The number of piperidine rings is 1. The number of aryl methyl sites for hydroxylation is 1. The van der Waals surface area contributed by atoms with E-state index in [0.717, 1.165) is 25.3 Å². The van der Waals surface area contributed by atoms with E-state index in [1.165, 1.54) is 30.4 Å². The molecule has 1 atom stereocenters. The normalized spacial score (nSPS) is 17.8. The quantitative estimate of drug-likeness (QED) is 0.714. The zero-order valence-electron chi connectivity index (χ0n) is 15.6. The fraction of sp³-hybridized carbons (Fsp3) is 0.455. The Labute approximate surface area is 156 Å². The number of ether oxygens (including phenoxy) is 1. The first-order chi connectivity index (χ1) is 12.7. The van der Waals surface area contributed by atoms with Crippen molar-refractivity contribution in [1.82, 2.24) is 9.88 Å². The van der Waals surface area contributed by atoms with Gasteiger partial charge < -0.3 is 9.53 Å². The first-order valence-electron chi connectivity index (χ1n) is 9.57. The molecule has 0 spiro atoms. The average molecular weight is 352 g/mol. The summed E-state index contributed by atoms with van der Waals surface area (Å²) in [7, 11) is 0. The first-order valence-corrected chi connectivity index (χ1v) is 9.57. The molecule has 4 nitrogen and oxygen atoms in total. The van der Waals surface area contributed by atoms with Crippen molar-refractivity contribution in [1.29, 1.82) is 0 Å². The zero-order chi connectivity index (χ0) is 18.2. The standard InChI is InChI=1S/C22H28N2O2/c1-18(25)7-8-19-9-11-21(12-10-19)26-16-15-24-14-3-2-6-22(24)20-5-4-13-23-17-20/h4-5,9-13,17,22H,2-3,6-8,14-16H2,1H3. The smallest absolute Gasteiger partial charge is 0.130 e. The van der Waals surface area contributed by atoms with Gasteiger partial charge in [-0.3, -0.25) is 9.88 Å². The highest BCUT2D eigenvalue weighted by molar-refractivity contribution is 5.75. The zero-order valence-corrected chi connectivity index (χ0v) is 15.6. The van der Waals surface area contributed by atoms with Crippen molar-refractivity contribution >= 4 is 5.78 Å². The van der Waals surface area contributed by atoms with Crippen LogP contribution in [-0.2, 0) is 11.2 Å². The third kappa shape index (κ3) is 5.40. The molecule has 4 heteroatoms. The van der Waals surface area contributed by atoms with Gasteiger partial charge >= 0.3 is 0 Å². The van der Waals surface area contributed by atoms with E-state index in [-0.39, 0.29) is 5.78 Å². The highest BCUT2D eigenvalue weighted by Crippen LogP contribution is 2.30. The van der Waals surface area contributed by atoms with Crippen LogP contribution < -0.4 is 4.74 Å². The molecular weight excluding hydrogens is 324 g/mol. The van der Waals surface area contributed by atoms with E-state index in [2.05, 4.69) is 28.1 Å². The van der Waals surface area contributed by atoms with Crippen molar-refractivity contribution in [2.45, 2.75) is 45.1 Å². The lowest BCUT2D eigenvalue weighted by atomic mass is 9.96. The van der Waals surface area contributed by atoms with Crippen LogP contribution in [-0.4, -0.2) is 35.4 Å². The molecule has 0 N–H and O–H groups in total. The van der Waals surface area contributed by atoms with E-state index in [0.29, 0.717) is 19.1 Å². The van der Waals surface area contributed by atoms with E-state index in [1.807, 2.05) is 30.6 Å². The maximum absolute atomic E-state index is 11.1. The Morgan fingerprint density at radius 3 is 2.81 bits per heavy atom. The number of Topliss-reactive ketones (excluding diaryl/α,β-unsaturated/α-hetero) is 1. The van der Waals surface area contributed by atoms with Crippen LogP contribution in [0.2, 0.25) is 0 Å². The lowest BCUT2D eigenvalue weighted by molar-refractivity contribution is -0.116. The molecule has 0 saturated carbocycles. The van der Waals surface area contributed by atoms with Crippen LogP contribution in [0.1, 0.15) is 49.8 Å². The summed E-state index contributed by atoms with van der Waals surface area (Å²) in [5.74, 6) is 1.13. The summed E-state index contributed by atoms with van der Waals surface area (Å²) < 4.78 is 5.95. The molecule has 0 radical (unpaired) electrons. The molecule has 1 aromatic carbocycles. The monoisotopic (exact) mass is 352 g/mol. The number of ketones is 1. The largest absolute Gasteiger partial charge is 0.492 e. The second-order valence-electron chi connectivity index (χ2n) is 7.03. The number of pyridine rings is 1. The van der Waals surface area contributed by atoms with Gasteiger partial charge in [-0.05, 0) is 62.1 Å². The second-order valence-corrected chi connectivity index (χ2v) is 7.03. The van der Waals surface area contributed by atoms with Gasteiger partial charge in [-0.15, -0.1) is 0 Å². The summed E-state index contributed by atoms with van der Waals surface area (Å²) in [5, 5.41) is 0. The van der Waals surface area contributed by atoms with E-state index in [1.54, 1.807) is 6.92 Å². The lowest BCUT2D eigenvalue weighted by Crippen LogP contribution is -2.36. The highest BCUT2D eigenvalue weighted by atomic mass is 16.5. The van der Waals surface area contributed by atoms with Crippen LogP contribution >= 0.6 is 0 Å². The van der Waals surface area contributed by atoms with Gasteiger partial charge in [0.1, 0.15) is 18.1 Å². The van der Waals surface area contributed by atoms with Crippen LogP contribution in [0, 0.1) is 0 Å². The molecular formula is C22H28N2O2. The Hall–Kier alpha value is -2.20. The van der Waals surface area contributed by atoms with Gasteiger partial charge in [0.25, 0.3) is 0 Å². The number of likely N-dealkylation sites (tertiary alicyclic amines) is 1. The molecule has 0 bridgehead atoms. The van der Waals surface area contributed by atoms with Gasteiger partial charge in [-0.1, -0.05) is 24.6 Å². The average Bonchev–Trinajstić information content (AvgIpc) is 2.68. The number of hydrogen-bond donors (Lipinski definition) is 0. The molecule has 0 amide bonds. The minimum Gasteiger partial charge on any atom is -0.492 e. The Kier molecular flexibility index (Phi) is 6.78. The van der Waals surface area contributed by atoms with Crippen molar-refractivity contribution in [3.8, 4) is 5.75 Å². The van der Waals surface area contributed by atoms with E-state index in [4.69, 9.17) is 4.74 Å². The lowest BCUT2D eigenvalue weighted by Gasteiger charge is -2.35. The molecule has 26 heavy (non-hydrogen) atoms. The SMILES string of the molecule is CC(=O)CCc1ccc(OCCN2CCCCC2c2cccnc2)cc1. The van der Waals surface area contributed by atoms with Crippen molar-refractivity contribution < 1.29 is 9.53 Å². The van der Waals surface area contributed by atoms with Crippen LogP contribution in [0.5, 0.6) is 5.75 Å². The van der Waals surface area contributed by atoms with Crippen molar-refractivity contribution in [3.63, 3.8) is 0 Å². The third-order valence-corrected chi connectivity index (χ3v) is 5.02. The van der Waals surface area contributed by atoms with E-state index >= 15 is 0 Å². The number of nitrogens with zero attached hydrogens (tertiary/aromatic N) is 2. The molecule has 1 unspecified atom stereocenters. The van der Waals surface area contributed by atoms with Gasteiger partial charge in [0, 0.05) is 31.4 Å². The number of rotatable bonds is 8. The molecule has 1 saturated heterocycles. The summed E-state index contributed by atoms with van der Waals surface area (Å²) >= 11 is 0. The van der Waals surface area contributed by atoms with Gasteiger partial charge in [-0.2, -0.15) is 0 Å². The second kappa shape index (κ2) is 9.48. The summed E-state index contributed by atoms with van der Waals surface area (Å²) in [5.41, 5.74) is 2.49. The Balaban J connectivity index is 1.49. The predicted molar refractivity (Wildman–Crippen MR) is 103 cm³/mol. The van der Waals surface area contributed by atoms with Crippen LogP contribution in [0.25, 0.3) is 0 Å². The number of carbonyl (C=O) groups is 1. The first kappa shape index (κ1) is 18.6. The van der Waals surface area contributed by atoms with Crippen molar-refractivity contribution in [2.24, 2.45) is 0 Å². The highest BCUT2D eigenvalue weighted by Gasteiger charge is 2.23. The fourth-order valence-electron chi connectivity index (χ4n) is 3.56. The van der Waals surface area contributed by atoms with E-state index < -0.39 is 0 Å². The number of aromatic nitrogens is 1. The molecule has 3 rings (SSSR count). The molecule has 2 heterocycles. The van der Waals surface area contributed by atoms with Gasteiger partial charge in [0.2, 0.25) is 0 Å². The Morgan fingerprint density at radius 2 is 2.08 bits per heavy atom. The molecule has 1 fully saturated rings. The minimum absolute atomic E-state index is 0.232. The summed E-state index contributed by atoms with van der Waals surface area (Å²) in [6.45, 7) is 4.36. The van der Waals surface area contributed by atoms with Gasteiger partial charge in [0.05, 0.1) is 0 Å². The minimum atomic E-state index is 0.232. The van der Waals surface area contributed by atoms with Crippen LogP contribution in [0.4, 0.5) is 0 Å². The number of carbonyl (C=O) groups excluding carboxylic acids is 1. The number of hydrogen-bond acceptors (Lipinski definition) is 4. The summed E-state index contributed by atoms with van der Waals surface area (Å²) in [6.07, 6.45) is 8.95. The summed E-state index contributed by atoms with van der Waals surface area (Å²) in [4.78, 5) is 17.9. The molecule has 138 valence electrons. The Bertz CT molecular complexity index is 685. The molecule has 1 aromatic heterocycles. The maximum atomic E-state index is 11.1. The van der Waals surface area contributed by atoms with E-state index in [9.17, 15) is 4.79 Å². The fourth-order valence-corrected chi connectivity index (χ4v) is 3.56. The number of benzene rings is 1. The van der Waals surface area contributed by atoms with Gasteiger partial charge in [-0.25, -0.2) is 0 Å². The molecule has 1 aliphatic heterocycles. The van der Waals surface area contributed by atoms with Crippen LogP contribution in [0.15, 0.2) is 48.8 Å². The molecule has 2 aromatic rings. The summed E-state index contributed by atoms with van der Waals surface area (Å²) in [6, 6.07) is 12.8. The van der Waals surface area contributed by atoms with Crippen molar-refractivity contribution in [2.75, 3.05) is 19.7 Å². The predicted octanol–water partition coefficient (Wildman–Crippen LogP) is 4.21. The van der Waals surface area contributed by atoms with Gasteiger partial charge in [0.15, 0.2) is 0 Å². The molecule has 0 aliphatic carbocycles. The topological polar surface area (TPSA) is 42.4 Å². The van der Waals surface area contributed by atoms with Crippen LogP contribution in [0.3, 0.4) is 0 Å². The van der Waals surface area contributed by atoms with Crippen molar-refractivity contribution in [3.05, 3.63) is 59.9 Å². The molecule has 1 aliphatic rings. The third-order valence-electron chi connectivity index (χ3n) is 5.02. The maximum Gasteiger partial charge on any atom is 0.130 e.